The number of rotatable bonds is 8. The zero-order valence-corrected chi connectivity index (χ0v) is 31.1. The SMILES string of the molecule is COc1ccc2c(c1C1CCN(C[C@H]3CC[C@H](n4cc5cc(NC(=O)c6cccc(C(F)(F)F)n6)ncc5n4)CC3)CC1)n(C)c(=O)n2C1CCC(O)NC1=O. The highest BCUT2D eigenvalue weighted by Gasteiger charge is 2.35. The van der Waals surface area contributed by atoms with Crippen molar-refractivity contribution in [2.75, 3.05) is 32.1 Å². The van der Waals surface area contributed by atoms with Crippen LogP contribution in [-0.4, -0.2) is 83.7 Å². The molecule has 296 valence electrons. The molecule has 5 aromatic rings. The minimum Gasteiger partial charge on any atom is -0.496 e. The number of aliphatic hydroxyl groups is 1. The van der Waals surface area contributed by atoms with E-state index in [9.17, 15) is 32.7 Å². The smallest absolute Gasteiger partial charge is 0.433 e. The molecule has 17 heteroatoms. The lowest BCUT2D eigenvalue weighted by atomic mass is 9.84. The number of alkyl halides is 3. The lowest BCUT2D eigenvalue weighted by Crippen LogP contribution is -2.46. The van der Waals surface area contributed by atoms with Gasteiger partial charge in [0.1, 0.15) is 40.7 Å². The molecule has 3 N–H and O–H groups in total. The van der Waals surface area contributed by atoms with Crippen LogP contribution in [0, 0.1) is 5.92 Å². The number of aromatic nitrogens is 6. The third-order valence-electron chi connectivity index (χ3n) is 11.7. The van der Waals surface area contributed by atoms with E-state index < -0.39 is 30.0 Å². The minimum absolute atomic E-state index is 0.179. The topological polar surface area (TPSA) is 161 Å². The van der Waals surface area contributed by atoms with Crippen molar-refractivity contribution in [3.05, 3.63) is 76.2 Å². The Labute approximate surface area is 319 Å². The van der Waals surface area contributed by atoms with Crippen molar-refractivity contribution in [2.24, 2.45) is 13.0 Å². The molecule has 1 saturated carbocycles. The van der Waals surface area contributed by atoms with Gasteiger partial charge in [-0.1, -0.05) is 6.07 Å². The molecule has 2 aliphatic heterocycles. The maximum absolute atomic E-state index is 13.6. The van der Waals surface area contributed by atoms with E-state index in [2.05, 4.69) is 25.5 Å². The fraction of sp³-hybridized carbons (Fsp3) is 0.487. The summed E-state index contributed by atoms with van der Waals surface area (Å²) in [6, 6.07) is 8.11. The molecule has 8 rings (SSSR count). The number of aliphatic hydroxyl groups excluding tert-OH is 1. The monoisotopic (exact) mass is 775 g/mol. The fourth-order valence-electron chi connectivity index (χ4n) is 8.85. The second-order valence-corrected chi connectivity index (χ2v) is 15.2. The quantitative estimate of drug-likeness (QED) is 0.194. The van der Waals surface area contributed by atoms with E-state index in [0.717, 1.165) is 92.5 Å². The Hall–Kier alpha value is -5.29. The zero-order valence-electron chi connectivity index (χ0n) is 31.1. The Bertz CT molecular complexity index is 2340. The van der Waals surface area contributed by atoms with E-state index in [1.54, 1.807) is 35.6 Å². The molecule has 56 heavy (non-hydrogen) atoms. The predicted molar refractivity (Wildman–Crippen MR) is 200 cm³/mol. The number of fused-ring (bicyclic) bond motifs is 2. The number of anilines is 1. The number of likely N-dealkylation sites (tertiary alicyclic amines) is 1. The lowest BCUT2D eigenvalue weighted by molar-refractivity contribution is -0.141. The molecule has 2 amide bonds. The van der Waals surface area contributed by atoms with Gasteiger partial charge >= 0.3 is 11.9 Å². The van der Waals surface area contributed by atoms with Crippen LogP contribution < -0.4 is 21.1 Å². The number of methoxy groups -OCH3 is 1. The van der Waals surface area contributed by atoms with Crippen molar-refractivity contribution >= 4 is 39.6 Å². The molecule has 0 radical (unpaired) electrons. The number of hydrogen-bond donors (Lipinski definition) is 3. The summed E-state index contributed by atoms with van der Waals surface area (Å²) < 4.78 is 50.2. The van der Waals surface area contributed by atoms with Crippen LogP contribution >= 0.6 is 0 Å². The number of carbonyl (C=O) groups is 2. The van der Waals surface area contributed by atoms with Gasteiger partial charge in [-0.2, -0.15) is 18.3 Å². The van der Waals surface area contributed by atoms with Gasteiger partial charge in [0.15, 0.2) is 0 Å². The molecule has 2 unspecified atom stereocenters. The summed E-state index contributed by atoms with van der Waals surface area (Å²) in [6.07, 6.45) is 4.53. The van der Waals surface area contributed by atoms with Crippen LogP contribution in [0.4, 0.5) is 19.0 Å². The summed E-state index contributed by atoms with van der Waals surface area (Å²) >= 11 is 0. The first-order chi connectivity index (χ1) is 26.9. The first-order valence-electron chi connectivity index (χ1n) is 19.1. The Balaban J connectivity index is 0.877. The standard InChI is InChI=1S/C39H44F3N9O5/c1-48-35-28(51(38(48)55)29-11-13-33(52)46-37(29)54)10-12-30(56-2)34(35)23-14-16-49(17-15-23)20-22-6-8-25(9-7-22)50-21-24-18-32(43-19-27(24)47-50)45-36(53)26-4-3-5-31(44-26)39(40,41)42/h3-5,10,12,18-19,21-23,25,29,33,52H,6-9,11,13-17,20H2,1-2H3,(H,45,53)(H,46,54)/t22-,25-,29?,33?. The number of nitrogens with one attached hydrogen (secondary N) is 2. The van der Waals surface area contributed by atoms with E-state index in [1.807, 2.05) is 23.0 Å². The van der Waals surface area contributed by atoms with Gasteiger partial charge in [0.25, 0.3) is 5.91 Å². The minimum atomic E-state index is -4.66. The second kappa shape index (κ2) is 15.0. The summed E-state index contributed by atoms with van der Waals surface area (Å²) in [5.41, 5.74) is 1.40. The first-order valence-corrected chi connectivity index (χ1v) is 19.1. The first kappa shape index (κ1) is 37.6. The third-order valence-corrected chi connectivity index (χ3v) is 11.7. The number of pyridine rings is 2. The van der Waals surface area contributed by atoms with Gasteiger partial charge in [-0.15, -0.1) is 0 Å². The van der Waals surface area contributed by atoms with Gasteiger partial charge in [-0.05, 0) is 107 Å². The third kappa shape index (κ3) is 7.24. The number of nitrogens with zero attached hydrogens (tertiary/aromatic N) is 7. The van der Waals surface area contributed by atoms with Gasteiger partial charge in [-0.3, -0.25) is 23.4 Å². The van der Waals surface area contributed by atoms with Crippen molar-refractivity contribution < 1.29 is 32.6 Å². The van der Waals surface area contributed by atoms with Crippen molar-refractivity contribution in [2.45, 2.75) is 81.8 Å². The van der Waals surface area contributed by atoms with E-state index >= 15 is 0 Å². The molecule has 14 nitrogen and oxygen atoms in total. The fourth-order valence-corrected chi connectivity index (χ4v) is 8.85. The number of piperidine rings is 2. The maximum Gasteiger partial charge on any atom is 0.433 e. The van der Waals surface area contributed by atoms with Crippen LogP contribution in [0.1, 0.15) is 91.1 Å². The molecule has 6 heterocycles. The molecule has 1 aromatic carbocycles. The molecule has 3 fully saturated rings. The molecule has 0 spiro atoms. The number of aryl methyl sites for hydroxylation is 1. The average molecular weight is 776 g/mol. The number of imidazole rings is 1. The molecule has 2 saturated heterocycles. The number of ether oxygens (including phenoxy) is 1. The van der Waals surface area contributed by atoms with Gasteiger partial charge in [0, 0.05) is 30.7 Å². The average Bonchev–Trinajstić information content (AvgIpc) is 3.72. The molecule has 2 atom stereocenters. The highest BCUT2D eigenvalue weighted by Crippen LogP contribution is 2.41. The van der Waals surface area contributed by atoms with Gasteiger partial charge < -0.3 is 25.4 Å². The van der Waals surface area contributed by atoms with E-state index in [4.69, 9.17) is 9.84 Å². The molecular formula is C39H44F3N9O5. The van der Waals surface area contributed by atoms with Crippen LogP contribution in [0.15, 0.2) is 53.6 Å². The normalized spacial score (nSPS) is 22.7. The highest BCUT2D eigenvalue weighted by atomic mass is 19.4. The molecular weight excluding hydrogens is 731 g/mol. The Kier molecular flexibility index (Phi) is 10.1. The van der Waals surface area contributed by atoms with Crippen LogP contribution in [0.3, 0.4) is 0 Å². The summed E-state index contributed by atoms with van der Waals surface area (Å²) in [4.78, 5) is 49.3. The van der Waals surface area contributed by atoms with Crippen molar-refractivity contribution in [3.63, 3.8) is 0 Å². The molecule has 4 aromatic heterocycles. The number of amides is 2. The van der Waals surface area contributed by atoms with Crippen molar-refractivity contribution in [1.29, 1.82) is 0 Å². The summed E-state index contributed by atoms with van der Waals surface area (Å²) in [6.45, 7) is 2.84. The van der Waals surface area contributed by atoms with Gasteiger partial charge in [-0.25, -0.2) is 14.8 Å². The summed E-state index contributed by atoms with van der Waals surface area (Å²) in [7, 11) is 3.39. The predicted octanol–water partition coefficient (Wildman–Crippen LogP) is 5.14. The van der Waals surface area contributed by atoms with E-state index in [-0.39, 0.29) is 35.1 Å². The zero-order chi connectivity index (χ0) is 39.3. The van der Waals surface area contributed by atoms with Crippen LogP contribution in [-0.2, 0) is 18.0 Å². The van der Waals surface area contributed by atoms with Gasteiger partial charge in [0.05, 0.1) is 30.4 Å². The molecule has 3 aliphatic rings. The highest BCUT2D eigenvalue weighted by molar-refractivity contribution is 6.03. The summed E-state index contributed by atoms with van der Waals surface area (Å²) in [5.74, 6) is 0.519. The largest absolute Gasteiger partial charge is 0.496 e. The van der Waals surface area contributed by atoms with E-state index in [0.29, 0.717) is 29.8 Å². The van der Waals surface area contributed by atoms with Crippen LogP contribution in [0.5, 0.6) is 5.75 Å². The number of carbonyl (C=O) groups excluding carboxylic acids is 2. The van der Waals surface area contributed by atoms with Crippen molar-refractivity contribution in [3.8, 4) is 5.75 Å². The van der Waals surface area contributed by atoms with Gasteiger partial charge in [0.2, 0.25) is 5.91 Å². The Morgan fingerprint density at radius 3 is 2.52 bits per heavy atom. The molecule has 0 bridgehead atoms. The maximum atomic E-state index is 13.6. The Morgan fingerprint density at radius 2 is 1.80 bits per heavy atom. The molecule has 1 aliphatic carbocycles. The summed E-state index contributed by atoms with van der Waals surface area (Å²) in [5, 5.41) is 20.5. The Morgan fingerprint density at radius 1 is 1.04 bits per heavy atom. The van der Waals surface area contributed by atoms with Crippen molar-refractivity contribution in [1.82, 2.24) is 39.1 Å². The lowest BCUT2D eigenvalue weighted by Gasteiger charge is -2.37. The van der Waals surface area contributed by atoms with Crippen LogP contribution in [0.25, 0.3) is 21.9 Å². The number of halogens is 3. The van der Waals surface area contributed by atoms with E-state index in [1.165, 1.54) is 6.07 Å². The number of hydrogen-bond acceptors (Lipinski definition) is 9. The second-order valence-electron chi connectivity index (χ2n) is 15.2. The van der Waals surface area contributed by atoms with Crippen LogP contribution in [0.2, 0.25) is 0 Å². The number of benzene rings is 1.